The zero-order chi connectivity index (χ0) is 13.2. The van der Waals surface area contributed by atoms with E-state index in [0.717, 1.165) is 37.8 Å². The van der Waals surface area contributed by atoms with E-state index in [9.17, 15) is 9.59 Å². The molecular formula is C13H20O5. The maximum atomic E-state index is 11.4. The molecule has 18 heavy (non-hydrogen) atoms. The molecule has 1 aliphatic carbocycles. The Labute approximate surface area is 107 Å². The summed E-state index contributed by atoms with van der Waals surface area (Å²) in [5.74, 6) is -1.09. The van der Waals surface area contributed by atoms with Crippen molar-refractivity contribution in [3.05, 3.63) is 12.2 Å². The van der Waals surface area contributed by atoms with Gasteiger partial charge in [-0.25, -0.2) is 9.59 Å². The molecule has 0 unspecified atom stereocenters. The lowest BCUT2D eigenvalue weighted by Gasteiger charge is -2.20. The van der Waals surface area contributed by atoms with Gasteiger partial charge >= 0.3 is 11.9 Å². The molecule has 0 amide bonds. The second-order valence-electron chi connectivity index (χ2n) is 4.27. The number of carbonyl (C=O) groups is 2. The quantitative estimate of drug-likeness (QED) is 0.441. The van der Waals surface area contributed by atoms with Crippen LogP contribution in [0.4, 0.5) is 0 Å². The Morgan fingerprint density at radius 3 is 2.44 bits per heavy atom. The Bertz CT molecular complexity index is 292. The number of rotatable bonds is 6. The van der Waals surface area contributed by atoms with Crippen molar-refractivity contribution in [3.63, 3.8) is 0 Å². The molecule has 0 saturated heterocycles. The first-order valence-electron chi connectivity index (χ1n) is 6.38. The van der Waals surface area contributed by atoms with Gasteiger partial charge in [0.25, 0.3) is 0 Å². The van der Waals surface area contributed by atoms with Gasteiger partial charge in [-0.15, -0.1) is 0 Å². The van der Waals surface area contributed by atoms with E-state index in [4.69, 9.17) is 14.6 Å². The van der Waals surface area contributed by atoms with E-state index in [2.05, 4.69) is 0 Å². The molecule has 1 aliphatic rings. The second-order valence-corrected chi connectivity index (χ2v) is 4.27. The fraction of sp³-hybridized carbons (Fsp3) is 0.692. The van der Waals surface area contributed by atoms with Gasteiger partial charge in [0, 0.05) is 25.2 Å². The van der Waals surface area contributed by atoms with Gasteiger partial charge in [-0.05, 0) is 25.7 Å². The van der Waals surface area contributed by atoms with E-state index < -0.39 is 11.9 Å². The summed E-state index contributed by atoms with van der Waals surface area (Å²) in [5, 5.41) is 8.50. The Morgan fingerprint density at radius 1 is 1.11 bits per heavy atom. The molecule has 0 aromatic heterocycles. The van der Waals surface area contributed by atoms with Gasteiger partial charge in [0.2, 0.25) is 0 Å². The van der Waals surface area contributed by atoms with Crippen molar-refractivity contribution in [3.8, 4) is 0 Å². The third kappa shape index (κ3) is 6.39. The Kier molecular flexibility index (Phi) is 7.10. The lowest BCUT2D eigenvalue weighted by Crippen LogP contribution is -2.19. The molecule has 0 atom stereocenters. The van der Waals surface area contributed by atoms with Crippen LogP contribution in [0.3, 0.4) is 0 Å². The molecule has 1 N–H and O–H groups in total. The van der Waals surface area contributed by atoms with E-state index in [1.807, 2.05) is 0 Å². The average Bonchev–Trinajstić information content (AvgIpc) is 2.38. The first-order valence-corrected chi connectivity index (χ1v) is 6.38. The number of ether oxygens (including phenoxy) is 2. The molecule has 0 radical (unpaired) electrons. The highest BCUT2D eigenvalue weighted by atomic mass is 16.5. The van der Waals surface area contributed by atoms with Crippen molar-refractivity contribution >= 4 is 11.9 Å². The van der Waals surface area contributed by atoms with Crippen molar-refractivity contribution in [2.24, 2.45) is 0 Å². The number of hydrogen-bond donors (Lipinski definition) is 1. The largest absolute Gasteiger partial charge is 0.462 e. The molecule has 0 aliphatic heterocycles. The first kappa shape index (κ1) is 14.7. The zero-order valence-corrected chi connectivity index (χ0v) is 10.5. The summed E-state index contributed by atoms with van der Waals surface area (Å²) in [5.41, 5.74) is 0. The standard InChI is InChI=1S/C13H20O5/c14-9-4-10-17-12(15)7-8-13(16)18-11-5-2-1-3-6-11/h7-8,11,14H,1-6,9-10H2/b8-7-. The van der Waals surface area contributed by atoms with Crippen LogP contribution in [-0.2, 0) is 19.1 Å². The molecule has 102 valence electrons. The molecule has 1 fully saturated rings. The highest BCUT2D eigenvalue weighted by molar-refractivity contribution is 5.91. The third-order valence-electron chi connectivity index (χ3n) is 2.74. The summed E-state index contributed by atoms with van der Waals surface area (Å²) in [7, 11) is 0. The molecular weight excluding hydrogens is 236 g/mol. The van der Waals surface area contributed by atoms with Gasteiger partial charge in [0.05, 0.1) is 6.61 Å². The fourth-order valence-corrected chi connectivity index (χ4v) is 1.81. The van der Waals surface area contributed by atoms with Crippen LogP contribution in [-0.4, -0.2) is 36.4 Å². The van der Waals surface area contributed by atoms with Gasteiger partial charge in [-0.2, -0.15) is 0 Å². The number of carbonyl (C=O) groups excluding carboxylic acids is 2. The first-order chi connectivity index (χ1) is 8.72. The van der Waals surface area contributed by atoms with Gasteiger partial charge in [0.1, 0.15) is 6.10 Å². The van der Waals surface area contributed by atoms with Crippen LogP contribution in [0.15, 0.2) is 12.2 Å². The van der Waals surface area contributed by atoms with Crippen LogP contribution in [0.25, 0.3) is 0 Å². The molecule has 0 heterocycles. The van der Waals surface area contributed by atoms with Gasteiger partial charge in [-0.3, -0.25) is 0 Å². The van der Waals surface area contributed by atoms with Crippen molar-refractivity contribution < 1.29 is 24.2 Å². The molecule has 0 bridgehead atoms. The molecule has 1 saturated carbocycles. The predicted octanol–water partition coefficient (Wildman–Crippen LogP) is 1.34. The Hall–Kier alpha value is -1.36. The summed E-state index contributed by atoms with van der Waals surface area (Å²) in [6, 6.07) is 0. The zero-order valence-electron chi connectivity index (χ0n) is 10.5. The molecule has 5 nitrogen and oxygen atoms in total. The summed E-state index contributed by atoms with van der Waals surface area (Å²) < 4.78 is 9.92. The maximum Gasteiger partial charge on any atom is 0.331 e. The molecule has 5 heteroatoms. The van der Waals surface area contributed by atoms with Crippen LogP contribution in [0.1, 0.15) is 38.5 Å². The number of esters is 2. The maximum absolute atomic E-state index is 11.4. The summed E-state index contributed by atoms with van der Waals surface area (Å²) in [6.45, 7) is 0.123. The van der Waals surface area contributed by atoms with E-state index in [-0.39, 0.29) is 19.3 Å². The Morgan fingerprint density at radius 2 is 1.78 bits per heavy atom. The fourth-order valence-electron chi connectivity index (χ4n) is 1.81. The Balaban J connectivity index is 2.19. The SMILES string of the molecule is O=C(/C=C\C(=O)OC1CCCCC1)OCCCO. The van der Waals surface area contributed by atoms with Gasteiger partial charge in [-0.1, -0.05) is 6.42 Å². The molecule has 0 aromatic rings. The lowest BCUT2D eigenvalue weighted by atomic mass is 9.98. The number of hydrogen-bond acceptors (Lipinski definition) is 5. The van der Waals surface area contributed by atoms with Crippen LogP contribution < -0.4 is 0 Å². The van der Waals surface area contributed by atoms with E-state index in [1.54, 1.807) is 0 Å². The van der Waals surface area contributed by atoms with Crippen molar-refractivity contribution in [1.82, 2.24) is 0 Å². The highest BCUT2D eigenvalue weighted by Crippen LogP contribution is 2.20. The van der Waals surface area contributed by atoms with Crippen LogP contribution in [0.2, 0.25) is 0 Å². The summed E-state index contributed by atoms with van der Waals surface area (Å²) >= 11 is 0. The van der Waals surface area contributed by atoms with Gasteiger partial charge < -0.3 is 14.6 Å². The van der Waals surface area contributed by atoms with E-state index in [1.165, 1.54) is 6.42 Å². The minimum Gasteiger partial charge on any atom is -0.462 e. The van der Waals surface area contributed by atoms with E-state index >= 15 is 0 Å². The summed E-state index contributed by atoms with van der Waals surface area (Å²) in [6.07, 6.45) is 7.71. The molecule has 0 aromatic carbocycles. The van der Waals surface area contributed by atoms with Crippen molar-refractivity contribution in [2.45, 2.75) is 44.6 Å². The van der Waals surface area contributed by atoms with Crippen molar-refractivity contribution in [2.75, 3.05) is 13.2 Å². The summed E-state index contributed by atoms with van der Waals surface area (Å²) in [4.78, 5) is 22.5. The monoisotopic (exact) mass is 256 g/mol. The predicted molar refractivity (Wildman–Crippen MR) is 64.8 cm³/mol. The minimum absolute atomic E-state index is 0.0127. The van der Waals surface area contributed by atoms with Gasteiger partial charge in [0.15, 0.2) is 0 Å². The highest BCUT2D eigenvalue weighted by Gasteiger charge is 2.16. The molecule has 1 rings (SSSR count). The van der Waals surface area contributed by atoms with Crippen LogP contribution >= 0.6 is 0 Å². The molecule has 0 spiro atoms. The second kappa shape index (κ2) is 8.69. The van der Waals surface area contributed by atoms with E-state index in [0.29, 0.717) is 6.42 Å². The minimum atomic E-state index is -0.593. The smallest absolute Gasteiger partial charge is 0.331 e. The van der Waals surface area contributed by atoms with Crippen LogP contribution in [0, 0.1) is 0 Å². The third-order valence-corrected chi connectivity index (χ3v) is 2.74. The number of aliphatic hydroxyl groups excluding tert-OH is 1. The normalized spacial score (nSPS) is 16.7. The van der Waals surface area contributed by atoms with Crippen LogP contribution in [0.5, 0.6) is 0 Å². The lowest BCUT2D eigenvalue weighted by molar-refractivity contribution is -0.145. The average molecular weight is 256 g/mol. The topological polar surface area (TPSA) is 72.8 Å². The number of aliphatic hydroxyl groups is 1. The van der Waals surface area contributed by atoms with Crippen molar-refractivity contribution in [1.29, 1.82) is 0 Å².